The third kappa shape index (κ3) is 5.21. The maximum absolute atomic E-state index is 11.0. The van der Waals surface area contributed by atoms with Gasteiger partial charge in [-0.1, -0.05) is 23.9 Å². The summed E-state index contributed by atoms with van der Waals surface area (Å²) < 4.78 is 0. The van der Waals surface area contributed by atoms with Crippen molar-refractivity contribution in [3.8, 4) is 0 Å². The highest BCUT2D eigenvalue weighted by Gasteiger charge is 2.10. The molecule has 0 bridgehead atoms. The summed E-state index contributed by atoms with van der Waals surface area (Å²) >= 11 is 1.34. The Kier molecular flexibility index (Phi) is 6.85. The summed E-state index contributed by atoms with van der Waals surface area (Å²) in [6.07, 6.45) is 3.00. The molecule has 0 unspecified atom stereocenters. The average molecular weight is 308 g/mol. The molecule has 7 nitrogen and oxygen atoms in total. The van der Waals surface area contributed by atoms with Gasteiger partial charge in [-0.15, -0.1) is 4.91 Å². The summed E-state index contributed by atoms with van der Waals surface area (Å²) in [5.41, 5.74) is 1.06. The molecule has 0 saturated heterocycles. The van der Waals surface area contributed by atoms with Crippen molar-refractivity contribution in [3.05, 3.63) is 58.8 Å². The molecular weight excluding hydrogens is 296 g/mol. The van der Waals surface area contributed by atoms with Crippen molar-refractivity contribution in [2.24, 2.45) is 5.34 Å². The smallest absolute Gasteiger partial charge is 0.336 e. The van der Waals surface area contributed by atoms with Gasteiger partial charge in [0.1, 0.15) is 0 Å². The predicted molar refractivity (Wildman–Crippen MR) is 75.3 cm³/mol. The van der Waals surface area contributed by atoms with Crippen LogP contribution in [0.4, 0.5) is 0 Å². The molecule has 1 heterocycles. The number of carbonyl (C=O) groups is 1. The molecule has 3 N–H and O–H groups in total. The van der Waals surface area contributed by atoms with Gasteiger partial charge in [-0.05, 0) is 23.8 Å². The zero-order chi connectivity index (χ0) is 15.7. The van der Waals surface area contributed by atoms with Gasteiger partial charge in [-0.3, -0.25) is 4.98 Å². The van der Waals surface area contributed by atoms with Crippen LogP contribution in [0, 0.1) is 4.91 Å². The van der Waals surface area contributed by atoms with Crippen LogP contribution in [0.5, 0.6) is 0 Å². The fourth-order valence-electron chi connectivity index (χ4n) is 1.43. The molecule has 0 aliphatic heterocycles. The maximum Gasteiger partial charge on any atom is 0.336 e. The van der Waals surface area contributed by atoms with E-state index in [9.17, 15) is 4.79 Å². The third-order valence-electron chi connectivity index (χ3n) is 2.35. The number of carboxylic acids is 1. The first-order chi connectivity index (χ1) is 10.1. The van der Waals surface area contributed by atoms with Gasteiger partial charge in [0.2, 0.25) is 0 Å². The Morgan fingerprint density at radius 1 is 1.24 bits per heavy atom. The summed E-state index contributed by atoms with van der Waals surface area (Å²) in [6.45, 7) is -0.00177. The van der Waals surface area contributed by atoms with Crippen LogP contribution in [0.25, 0.3) is 0 Å². The quantitative estimate of drug-likeness (QED) is 0.586. The number of rotatable bonds is 4. The lowest BCUT2D eigenvalue weighted by molar-refractivity contribution is 0.0693. The number of aromatic nitrogens is 1. The van der Waals surface area contributed by atoms with Crippen LogP contribution in [0.2, 0.25) is 0 Å². The third-order valence-corrected chi connectivity index (χ3v) is 3.40. The second kappa shape index (κ2) is 8.67. The van der Waals surface area contributed by atoms with Crippen LogP contribution >= 0.6 is 11.8 Å². The first-order valence-electron chi connectivity index (χ1n) is 5.64. The van der Waals surface area contributed by atoms with Gasteiger partial charge in [0.25, 0.3) is 0 Å². The Hall–Kier alpha value is -2.45. The van der Waals surface area contributed by atoms with E-state index in [-0.39, 0.29) is 12.2 Å². The molecule has 0 aliphatic carbocycles. The van der Waals surface area contributed by atoms with E-state index >= 15 is 0 Å². The van der Waals surface area contributed by atoms with Crippen molar-refractivity contribution < 1.29 is 20.2 Å². The Balaban J connectivity index is 0.000000677. The highest BCUT2D eigenvalue weighted by atomic mass is 32.2. The van der Waals surface area contributed by atoms with E-state index in [0.29, 0.717) is 4.90 Å². The molecule has 2 aromatic rings. The second-order valence-corrected chi connectivity index (χ2v) is 4.78. The minimum Gasteiger partial charge on any atom is -0.478 e. The molecule has 8 heteroatoms. The summed E-state index contributed by atoms with van der Waals surface area (Å²) in [6, 6.07) is 8.77. The van der Waals surface area contributed by atoms with E-state index in [1.54, 1.807) is 12.1 Å². The summed E-state index contributed by atoms with van der Waals surface area (Å²) in [5.74, 6) is -0.966. The summed E-state index contributed by atoms with van der Waals surface area (Å²) in [4.78, 5) is 24.6. The number of aliphatic hydroxyl groups is 1. The van der Waals surface area contributed by atoms with Gasteiger partial charge in [0.15, 0.2) is 5.34 Å². The largest absolute Gasteiger partial charge is 0.478 e. The van der Waals surface area contributed by atoms with Crippen molar-refractivity contribution in [2.75, 3.05) is 0 Å². The number of hydrogen-bond acceptors (Lipinski definition) is 6. The lowest BCUT2D eigenvalue weighted by Gasteiger charge is -2.05. The minimum absolute atomic E-state index is 0.00177. The fourth-order valence-corrected chi connectivity index (χ4v) is 2.33. The minimum atomic E-state index is -0.966. The lowest BCUT2D eigenvalue weighted by Crippen LogP contribution is -1.98. The molecule has 0 fully saturated rings. The molecule has 21 heavy (non-hydrogen) atoms. The van der Waals surface area contributed by atoms with E-state index in [4.69, 9.17) is 20.3 Å². The maximum atomic E-state index is 11.0. The van der Waals surface area contributed by atoms with Crippen LogP contribution in [-0.4, -0.2) is 26.4 Å². The predicted octanol–water partition coefficient (Wildman–Crippen LogP) is 2.57. The van der Waals surface area contributed by atoms with E-state index in [0.717, 1.165) is 10.5 Å². The van der Waals surface area contributed by atoms with Crippen LogP contribution in [0.15, 0.2) is 57.9 Å². The molecule has 1 aromatic carbocycles. The van der Waals surface area contributed by atoms with Crippen LogP contribution in [-0.2, 0) is 6.61 Å². The molecule has 0 radical (unpaired) electrons. The van der Waals surface area contributed by atoms with Gasteiger partial charge >= 0.3 is 5.97 Å². The van der Waals surface area contributed by atoms with Gasteiger partial charge in [0.05, 0.1) is 12.2 Å². The number of nitrogens with zero attached hydrogens (tertiary/aromatic N) is 2. The highest BCUT2D eigenvalue weighted by Crippen LogP contribution is 2.29. The van der Waals surface area contributed by atoms with Crippen molar-refractivity contribution >= 4 is 17.7 Å². The summed E-state index contributed by atoms with van der Waals surface area (Å²) in [5, 5.41) is 25.9. The first-order valence-corrected chi connectivity index (χ1v) is 6.45. The van der Waals surface area contributed by atoms with Crippen molar-refractivity contribution in [3.63, 3.8) is 0 Å². The summed E-state index contributed by atoms with van der Waals surface area (Å²) in [7, 11) is 0. The van der Waals surface area contributed by atoms with E-state index in [1.807, 2.05) is 12.1 Å². The molecule has 0 saturated carbocycles. The fraction of sp³-hybridized carbons (Fsp3) is 0.0769. The van der Waals surface area contributed by atoms with Gasteiger partial charge < -0.3 is 15.4 Å². The molecule has 2 rings (SSSR count). The Labute approximate surface area is 124 Å². The second-order valence-electron chi connectivity index (χ2n) is 3.66. The molecule has 0 amide bonds. The molecule has 110 valence electrons. The van der Waals surface area contributed by atoms with Gasteiger partial charge in [0, 0.05) is 22.2 Å². The molecule has 0 spiro atoms. The molecule has 1 aromatic heterocycles. The Morgan fingerprint density at radius 2 is 1.86 bits per heavy atom. The van der Waals surface area contributed by atoms with E-state index in [1.165, 1.54) is 35.6 Å². The number of carboxylic acid groups (broad SMARTS) is 1. The van der Waals surface area contributed by atoms with Crippen LogP contribution in [0.3, 0.4) is 0 Å². The van der Waals surface area contributed by atoms with Crippen molar-refractivity contribution in [2.45, 2.75) is 16.4 Å². The lowest BCUT2D eigenvalue weighted by atomic mass is 10.2. The van der Waals surface area contributed by atoms with Crippen molar-refractivity contribution in [1.29, 1.82) is 0 Å². The standard InChI is InChI=1S/C13H11NO3S.HNO2/c15-8-9-1-3-10(4-2-9)18-12-7-14-6-5-11(12)13(16)17;2-1-3/h1-7,15H,8H2,(H,16,17);(H,2,3). The van der Waals surface area contributed by atoms with Gasteiger partial charge in [-0.25, -0.2) is 4.79 Å². The number of aliphatic hydroxyl groups excluding tert-OH is 1. The van der Waals surface area contributed by atoms with Crippen LogP contribution < -0.4 is 0 Å². The number of benzene rings is 1. The van der Waals surface area contributed by atoms with Crippen molar-refractivity contribution in [1.82, 2.24) is 4.98 Å². The average Bonchev–Trinajstić information content (AvgIpc) is 2.49. The Morgan fingerprint density at radius 3 is 2.38 bits per heavy atom. The first kappa shape index (κ1) is 16.6. The molecule has 0 atom stereocenters. The van der Waals surface area contributed by atoms with Gasteiger partial charge in [-0.2, -0.15) is 0 Å². The molecular formula is C13H12N2O5S. The zero-order valence-corrected chi connectivity index (χ0v) is 11.5. The number of pyridine rings is 1. The van der Waals surface area contributed by atoms with Crippen LogP contribution in [0.1, 0.15) is 15.9 Å². The Bertz CT molecular complexity index is 604. The monoisotopic (exact) mass is 308 g/mol. The SMILES string of the molecule is O=C(O)c1ccncc1Sc1ccc(CO)cc1.O=NO. The topological polar surface area (TPSA) is 120 Å². The van der Waals surface area contributed by atoms with E-state index < -0.39 is 5.97 Å². The highest BCUT2D eigenvalue weighted by molar-refractivity contribution is 7.99. The number of aromatic carboxylic acids is 1. The molecule has 0 aliphatic rings. The normalized spacial score (nSPS) is 9.38. The van der Waals surface area contributed by atoms with E-state index in [2.05, 4.69) is 4.98 Å². The number of hydrogen-bond donors (Lipinski definition) is 3. The zero-order valence-electron chi connectivity index (χ0n) is 10.7.